The lowest BCUT2D eigenvalue weighted by molar-refractivity contribution is -0.669. The molecule has 0 spiro atoms. The zero-order chi connectivity index (χ0) is 27.0. The number of aryl methyl sites for hydroxylation is 1. The molecule has 0 amide bonds. The molecule has 1 aromatic heterocycles. The predicted octanol–water partition coefficient (Wildman–Crippen LogP) is 9.79. The topological polar surface area (TPSA) is 7.12 Å². The first kappa shape index (κ1) is 25.8. The molecule has 4 aromatic carbocycles. The van der Waals surface area contributed by atoms with E-state index in [0.717, 1.165) is 13.1 Å². The van der Waals surface area contributed by atoms with Gasteiger partial charge in [0.05, 0.1) is 0 Å². The fraction of sp³-hybridized carbons (Fsp3) is 0.306. The van der Waals surface area contributed by atoms with E-state index >= 15 is 0 Å². The molecule has 39 heavy (non-hydrogen) atoms. The summed E-state index contributed by atoms with van der Waals surface area (Å²) in [4.78, 5) is 2.58. The van der Waals surface area contributed by atoms with Gasteiger partial charge in [-0.15, -0.1) is 0 Å². The molecule has 3 heteroatoms. The van der Waals surface area contributed by atoms with E-state index in [1.165, 1.54) is 79.4 Å². The average molecular weight is 532 g/mol. The number of thiazole rings is 1. The Kier molecular flexibility index (Phi) is 7.03. The van der Waals surface area contributed by atoms with Gasteiger partial charge in [-0.3, -0.25) is 0 Å². The minimum Gasteiger partial charge on any atom is -0.344 e. The van der Waals surface area contributed by atoms with Gasteiger partial charge in [0, 0.05) is 47.3 Å². The smallest absolute Gasteiger partial charge is 0.262 e. The van der Waals surface area contributed by atoms with Crippen molar-refractivity contribution < 1.29 is 4.57 Å². The van der Waals surface area contributed by atoms with Crippen molar-refractivity contribution >= 4 is 54.9 Å². The third-order valence-electron chi connectivity index (χ3n) is 8.34. The monoisotopic (exact) mass is 531 g/mol. The zero-order valence-corrected chi connectivity index (χ0v) is 24.5. The highest BCUT2D eigenvalue weighted by Crippen LogP contribution is 2.50. The molecule has 0 atom stereocenters. The Morgan fingerprint density at radius 3 is 2.28 bits per heavy atom. The van der Waals surface area contributed by atoms with Crippen molar-refractivity contribution in [2.75, 3.05) is 11.4 Å². The summed E-state index contributed by atoms with van der Waals surface area (Å²) in [5.41, 5.74) is 5.51. The van der Waals surface area contributed by atoms with Crippen molar-refractivity contribution in [2.45, 2.75) is 65.3 Å². The molecule has 0 aliphatic carbocycles. The number of nitrogens with zero attached hydrogens (tertiary/aromatic N) is 2. The quantitative estimate of drug-likeness (QED) is 0.181. The number of anilines is 1. The summed E-state index contributed by atoms with van der Waals surface area (Å²) in [6.07, 6.45) is 11.8. The second-order valence-corrected chi connectivity index (χ2v) is 12.3. The van der Waals surface area contributed by atoms with Gasteiger partial charge in [-0.1, -0.05) is 113 Å². The van der Waals surface area contributed by atoms with Gasteiger partial charge in [-0.2, -0.15) is 4.57 Å². The molecule has 6 rings (SSSR count). The Balaban J connectivity index is 1.45. The second kappa shape index (κ2) is 10.6. The maximum atomic E-state index is 2.58. The maximum Gasteiger partial charge on any atom is 0.262 e. The molecule has 0 radical (unpaired) electrons. The lowest BCUT2D eigenvalue weighted by Crippen LogP contribution is -2.34. The molecule has 2 heterocycles. The molecule has 1 aliphatic heterocycles. The number of hydrogen-bond donors (Lipinski definition) is 0. The van der Waals surface area contributed by atoms with E-state index in [4.69, 9.17) is 0 Å². The van der Waals surface area contributed by atoms with E-state index in [9.17, 15) is 0 Å². The third-order valence-corrected chi connectivity index (χ3v) is 9.54. The van der Waals surface area contributed by atoms with Crippen LogP contribution in [0.4, 0.5) is 5.69 Å². The number of rotatable bonds is 8. The summed E-state index contributed by atoms with van der Waals surface area (Å²) in [7, 11) is 0. The summed E-state index contributed by atoms with van der Waals surface area (Å²) in [6.45, 7) is 11.5. The molecular formula is C36H39N2S+. The molecule has 0 fully saturated rings. The first-order valence-electron chi connectivity index (χ1n) is 14.6. The number of unbranched alkanes of at least 4 members (excludes halogenated alkanes) is 2. The van der Waals surface area contributed by atoms with Crippen LogP contribution in [-0.4, -0.2) is 6.54 Å². The minimum atomic E-state index is -0.0666. The van der Waals surface area contributed by atoms with Gasteiger partial charge in [0.25, 0.3) is 5.01 Å². The van der Waals surface area contributed by atoms with Crippen LogP contribution in [0.2, 0.25) is 0 Å². The molecule has 0 unspecified atom stereocenters. The first-order valence-corrected chi connectivity index (χ1v) is 15.4. The van der Waals surface area contributed by atoms with Gasteiger partial charge in [0.2, 0.25) is 5.52 Å². The van der Waals surface area contributed by atoms with Crippen LogP contribution in [0.15, 0.2) is 90.6 Å². The standard InChI is InChI=1S/C36H39N2S/c1-5-7-24-37-30-22-20-26-14-9-11-16-28(26)34(30)36(3,4)32(37)18-13-19-33-38(25-8-6-2)31-23-21-27-15-10-12-17-29(27)35(31)39-33/h9-23H,5-8,24-25H2,1-4H3/q+1. The summed E-state index contributed by atoms with van der Waals surface area (Å²) in [6, 6.07) is 26.9. The molecule has 198 valence electrons. The first-order chi connectivity index (χ1) is 19.0. The SMILES string of the molecule is CCCCN1C(=CC=Cc2sc3c4ccccc4ccc3[n+]2CCCC)C(C)(C)c2c1ccc1ccccc21. The number of benzene rings is 4. The predicted molar refractivity (Wildman–Crippen MR) is 171 cm³/mol. The number of aromatic nitrogens is 1. The third kappa shape index (κ3) is 4.47. The van der Waals surface area contributed by atoms with E-state index in [-0.39, 0.29) is 5.41 Å². The van der Waals surface area contributed by atoms with Crippen molar-refractivity contribution in [1.29, 1.82) is 0 Å². The minimum absolute atomic E-state index is 0.0666. The maximum absolute atomic E-state index is 2.58. The van der Waals surface area contributed by atoms with Gasteiger partial charge < -0.3 is 4.90 Å². The van der Waals surface area contributed by atoms with Crippen LogP contribution in [0.5, 0.6) is 0 Å². The van der Waals surface area contributed by atoms with E-state index in [0.29, 0.717) is 0 Å². The highest BCUT2D eigenvalue weighted by Gasteiger charge is 2.40. The Bertz CT molecular complexity index is 1720. The zero-order valence-electron chi connectivity index (χ0n) is 23.7. The average Bonchev–Trinajstić information content (AvgIpc) is 3.42. The summed E-state index contributed by atoms with van der Waals surface area (Å²) in [5, 5.41) is 6.70. The summed E-state index contributed by atoms with van der Waals surface area (Å²) >= 11 is 1.92. The molecule has 0 bridgehead atoms. The van der Waals surface area contributed by atoms with Gasteiger partial charge in [0.1, 0.15) is 4.70 Å². The van der Waals surface area contributed by atoms with Crippen LogP contribution < -0.4 is 9.47 Å². The highest BCUT2D eigenvalue weighted by molar-refractivity contribution is 7.19. The largest absolute Gasteiger partial charge is 0.344 e. The Morgan fingerprint density at radius 2 is 1.51 bits per heavy atom. The molecule has 0 N–H and O–H groups in total. The normalized spacial score (nSPS) is 15.9. The van der Waals surface area contributed by atoms with Gasteiger partial charge in [0.15, 0.2) is 6.54 Å². The van der Waals surface area contributed by atoms with Crippen molar-refractivity contribution in [2.24, 2.45) is 0 Å². The molecule has 0 saturated carbocycles. The molecule has 5 aromatic rings. The lowest BCUT2D eigenvalue weighted by Gasteiger charge is -2.27. The number of hydrogen-bond acceptors (Lipinski definition) is 2. The van der Waals surface area contributed by atoms with Crippen molar-refractivity contribution in [1.82, 2.24) is 0 Å². The van der Waals surface area contributed by atoms with E-state index in [1.54, 1.807) is 0 Å². The Morgan fingerprint density at radius 1 is 0.821 bits per heavy atom. The van der Waals surface area contributed by atoms with E-state index in [1.807, 2.05) is 11.3 Å². The number of allylic oxidation sites excluding steroid dienone is 3. The van der Waals surface area contributed by atoms with Crippen LogP contribution in [0.25, 0.3) is 37.8 Å². The highest BCUT2D eigenvalue weighted by atomic mass is 32.1. The van der Waals surface area contributed by atoms with Crippen LogP contribution in [-0.2, 0) is 12.0 Å². The van der Waals surface area contributed by atoms with Crippen molar-refractivity contribution in [3.63, 3.8) is 0 Å². The Labute approximate surface area is 236 Å². The lowest BCUT2D eigenvalue weighted by atomic mass is 9.81. The fourth-order valence-electron chi connectivity index (χ4n) is 6.31. The van der Waals surface area contributed by atoms with Gasteiger partial charge in [-0.05, 0) is 46.4 Å². The van der Waals surface area contributed by atoms with E-state index < -0.39 is 0 Å². The van der Waals surface area contributed by atoms with E-state index in [2.05, 4.69) is 128 Å². The second-order valence-electron chi connectivity index (χ2n) is 11.3. The van der Waals surface area contributed by atoms with Crippen LogP contribution in [0, 0.1) is 0 Å². The van der Waals surface area contributed by atoms with Crippen LogP contribution in [0.3, 0.4) is 0 Å². The van der Waals surface area contributed by atoms with Gasteiger partial charge >= 0.3 is 0 Å². The van der Waals surface area contributed by atoms with Gasteiger partial charge in [-0.25, -0.2) is 0 Å². The fourth-order valence-corrected chi connectivity index (χ4v) is 7.55. The van der Waals surface area contributed by atoms with Crippen LogP contribution in [0.1, 0.15) is 63.9 Å². The summed E-state index contributed by atoms with van der Waals surface area (Å²) < 4.78 is 3.92. The molecule has 0 saturated heterocycles. The molecular weight excluding hydrogens is 492 g/mol. The molecule has 1 aliphatic rings. The van der Waals surface area contributed by atoms with Crippen molar-refractivity contribution in [3.05, 3.63) is 101 Å². The van der Waals surface area contributed by atoms with Crippen LogP contribution >= 0.6 is 11.3 Å². The van der Waals surface area contributed by atoms with Crippen molar-refractivity contribution in [3.8, 4) is 0 Å². The Hall–Kier alpha value is -3.43. The molecule has 2 nitrogen and oxygen atoms in total. The summed E-state index contributed by atoms with van der Waals surface area (Å²) in [5.74, 6) is 0. The number of fused-ring (bicyclic) bond motifs is 6.